The number of aryl methyl sites for hydroxylation is 1. The molecule has 0 aliphatic carbocycles. The van der Waals surface area contributed by atoms with Gasteiger partial charge >= 0.3 is 6.18 Å². The number of benzene rings is 1. The van der Waals surface area contributed by atoms with E-state index in [1.54, 1.807) is 7.05 Å². The summed E-state index contributed by atoms with van der Waals surface area (Å²) in [5, 5.41) is 7.80. The largest absolute Gasteiger partial charge is 0.416 e. The van der Waals surface area contributed by atoms with Crippen molar-refractivity contribution in [2.45, 2.75) is 6.18 Å². The highest BCUT2D eigenvalue weighted by molar-refractivity contribution is 6.34. The molecule has 0 fully saturated rings. The molecule has 0 aliphatic heterocycles. The van der Waals surface area contributed by atoms with Gasteiger partial charge in [-0.1, -0.05) is 17.7 Å². The number of halogens is 4. The zero-order chi connectivity index (χ0) is 16.1. The van der Waals surface area contributed by atoms with E-state index >= 15 is 0 Å². The number of alkyl halides is 3. The first-order valence-corrected chi connectivity index (χ1v) is 6.45. The number of hydrogen-bond acceptors (Lipinski definition) is 3. The molecule has 0 saturated carbocycles. The van der Waals surface area contributed by atoms with Crippen LogP contribution in [0.2, 0.25) is 5.02 Å². The van der Waals surface area contributed by atoms with Gasteiger partial charge in [-0.05, 0) is 18.2 Å². The van der Waals surface area contributed by atoms with Crippen molar-refractivity contribution in [3.63, 3.8) is 0 Å². The van der Waals surface area contributed by atoms with Crippen LogP contribution in [0.1, 0.15) is 5.56 Å². The Morgan fingerprint density at radius 2 is 2.00 bits per heavy atom. The summed E-state index contributed by atoms with van der Waals surface area (Å²) in [5.41, 5.74) is -0.968. The van der Waals surface area contributed by atoms with E-state index in [0.29, 0.717) is 11.0 Å². The van der Waals surface area contributed by atoms with Crippen molar-refractivity contribution in [2.24, 2.45) is 7.05 Å². The van der Waals surface area contributed by atoms with E-state index in [1.165, 1.54) is 23.0 Å². The van der Waals surface area contributed by atoms with Crippen LogP contribution in [0.4, 0.5) is 13.2 Å². The first-order chi connectivity index (χ1) is 10.3. The third-order valence-corrected chi connectivity index (χ3v) is 3.47. The number of rotatable bonds is 1. The maximum atomic E-state index is 12.8. The first-order valence-electron chi connectivity index (χ1n) is 6.07. The lowest BCUT2D eigenvalue weighted by molar-refractivity contribution is -0.137. The molecule has 9 heteroatoms. The van der Waals surface area contributed by atoms with Gasteiger partial charge in [0, 0.05) is 7.05 Å². The summed E-state index contributed by atoms with van der Waals surface area (Å²) >= 11 is 6.00. The second-order valence-corrected chi connectivity index (χ2v) is 4.96. The van der Waals surface area contributed by atoms with Crippen molar-refractivity contribution in [1.29, 1.82) is 0 Å². The molecule has 0 atom stereocenters. The molecule has 0 saturated heterocycles. The fraction of sp³-hybridized carbons (Fsp3) is 0.154. The van der Waals surface area contributed by atoms with Crippen LogP contribution in [0.15, 0.2) is 35.3 Å². The molecule has 3 rings (SSSR count). The Bertz CT molecular complexity index is 929. The lowest BCUT2D eigenvalue weighted by Crippen LogP contribution is -2.22. The summed E-state index contributed by atoms with van der Waals surface area (Å²) < 4.78 is 40.5. The van der Waals surface area contributed by atoms with Gasteiger partial charge < -0.3 is 0 Å². The Labute approximate surface area is 126 Å². The maximum absolute atomic E-state index is 12.8. The van der Waals surface area contributed by atoms with Gasteiger partial charge in [0.05, 0.1) is 17.4 Å². The molecule has 0 unspecified atom stereocenters. The Balaban J connectivity index is 2.27. The summed E-state index contributed by atoms with van der Waals surface area (Å²) in [6.07, 6.45) is -3.13. The minimum absolute atomic E-state index is 0.0209. The van der Waals surface area contributed by atoms with E-state index < -0.39 is 17.3 Å². The Hall–Kier alpha value is -2.35. The van der Waals surface area contributed by atoms with Crippen LogP contribution in [0.3, 0.4) is 0 Å². The highest BCUT2D eigenvalue weighted by Gasteiger charge is 2.30. The van der Waals surface area contributed by atoms with Gasteiger partial charge in [-0.2, -0.15) is 28.1 Å². The SMILES string of the molecule is Cn1ncc2nn(-c3cccc(C(F)(F)F)c3)c(=O)c(Cl)c21. The van der Waals surface area contributed by atoms with Crippen LogP contribution >= 0.6 is 11.6 Å². The molecular formula is C13H8ClF3N4O. The van der Waals surface area contributed by atoms with Crippen LogP contribution < -0.4 is 5.56 Å². The van der Waals surface area contributed by atoms with E-state index in [9.17, 15) is 18.0 Å². The Morgan fingerprint density at radius 3 is 2.68 bits per heavy atom. The van der Waals surface area contributed by atoms with Crippen molar-refractivity contribution >= 4 is 22.6 Å². The maximum Gasteiger partial charge on any atom is 0.416 e. The van der Waals surface area contributed by atoms with Gasteiger partial charge in [-0.25, -0.2) is 0 Å². The Morgan fingerprint density at radius 1 is 1.27 bits per heavy atom. The van der Waals surface area contributed by atoms with E-state index in [0.717, 1.165) is 16.8 Å². The molecule has 0 aliphatic rings. The molecule has 0 radical (unpaired) electrons. The van der Waals surface area contributed by atoms with E-state index in [4.69, 9.17) is 11.6 Å². The van der Waals surface area contributed by atoms with Crippen molar-refractivity contribution < 1.29 is 13.2 Å². The first kappa shape index (κ1) is 14.6. The van der Waals surface area contributed by atoms with Crippen LogP contribution in [0, 0.1) is 0 Å². The zero-order valence-electron chi connectivity index (χ0n) is 11.1. The van der Waals surface area contributed by atoms with Crippen molar-refractivity contribution in [1.82, 2.24) is 19.6 Å². The molecule has 5 nitrogen and oxygen atoms in total. The fourth-order valence-electron chi connectivity index (χ4n) is 2.09. The Kier molecular flexibility index (Phi) is 3.21. The summed E-state index contributed by atoms with van der Waals surface area (Å²) in [6.45, 7) is 0. The molecule has 1 aromatic carbocycles. The summed E-state index contributed by atoms with van der Waals surface area (Å²) in [7, 11) is 1.59. The summed E-state index contributed by atoms with van der Waals surface area (Å²) in [4.78, 5) is 12.2. The number of fused-ring (bicyclic) bond motifs is 1. The molecule has 0 amide bonds. The van der Waals surface area contributed by atoms with Crippen LogP contribution in [-0.2, 0) is 13.2 Å². The van der Waals surface area contributed by atoms with E-state index in [-0.39, 0.29) is 10.7 Å². The minimum Gasteiger partial charge on any atom is -0.266 e. The van der Waals surface area contributed by atoms with E-state index in [2.05, 4.69) is 10.2 Å². The average Bonchev–Trinajstić information content (AvgIpc) is 2.83. The van der Waals surface area contributed by atoms with Gasteiger partial charge in [0.15, 0.2) is 0 Å². The van der Waals surface area contributed by atoms with Crippen molar-refractivity contribution in [3.05, 3.63) is 51.4 Å². The molecule has 2 aromatic heterocycles. The molecule has 3 aromatic rings. The monoisotopic (exact) mass is 328 g/mol. The lowest BCUT2D eigenvalue weighted by Gasteiger charge is -2.10. The summed E-state index contributed by atoms with van der Waals surface area (Å²) in [6, 6.07) is 4.31. The smallest absolute Gasteiger partial charge is 0.266 e. The molecule has 0 N–H and O–H groups in total. The standard InChI is InChI=1S/C13H8ClF3N4O/c1-20-11-9(6-18-20)19-21(12(22)10(11)14)8-4-2-3-7(5-8)13(15,16)17/h2-6H,1H3. The quantitative estimate of drug-likeness (QED) is 0.690. The average molecular weight is 329 g/mol. The number of hydrogen-bond donors (Lipinski definition) is 0. The zero-order valence-corrected chi connectivity index (χ0v) is 11.9. The molecule has 2 heterocycles. The number of aromatic nitrogens is 4. The third-order valence-electron chi connectivity index (χ3n) is 3.13. The third kappa shape index (κ3) is 2.25. The second kappa shape index (κ2) is 4.84. The van der Waals surface area contributed by atoms with Crippen molar-refractivity contribution in [3.8, 4) is 5.69 Å². The normalized spacial score (nSPS) is 12.0. The molecule has 114 valence electrons. The van der Waals surface area contributed by atoms with Gasteiger partial charge in [-0.15, -0.1) is 0 Å². The van der Waals surface area contributed by atoms with Crippen LogP contribution in [0.5, 0.6) is 0 Å². The van der Waals surface area contributed by atoms with E-state index in [1.807, 2.05) is 0 Å². The lowest BCUT2D eigenvalue weighted by atomic mass is 10.2. The number of nitrogens with zero attached hydrogens (tertiary/aromatic N) is 4. The highest BCUT2D eigenvalue weighted by atomic mass is 35.5. The fourth-order valence-corrected chi connectivity index (χ4v) is 2.39. The van der Waals surface area contributed by atoms with Crippen LogP contribution in [0.25, 0.3) is 16.7 Å². The predicted octanol–water partition coefficient (Wildman–Crippen LogP) is 2.79. The topological polar surface area (TPSA) is 52.7 Å². The molecular weight excluding hydrogens is 321 g/mol. The predicted molar refractivity (Wildman–Crippen MR) is 74.1 cm³/mol. The van der Waals surface area contributed by atoms with Crippen molar-refractivity contribution in [2.75, 3.05) is 0 Å². The highest BCUT2D eigenvalue weighted by Crippen LogP contribution is 2.30. The molecule has 22 heavy (non-hydrogen) atoms. The second-order valence-electron chi connectivity index (χ2n) is 4.58. The molecule has 0 spiro atoms. The summed E-state index contributed by atoms with van der Waals surface area (Å²) in [5.74, 6) is 0. The molecule has 0 bridgehead atoms. The van der Waals surface area contributed by atoms with Gasteiger partial charge in [0.2, 0.25) is 0 Å². The van der Waals surface area contributed by atoms with Gasteiger partial charge in [0.25, 0.3) is 5.56 Å². The van der Waals surface area contributed by atoms with Crippen LogP contribution in [-0.4, -0.2) is 19.6 Å². The van der Waals surface area contributed by atoms with Gasteiger partial charge in [0.1, 0.15) is 16.1 Å². The van der Waals surface area contributed by atoms with Gasteiger partial charge in [-0.3, -0.25) is 9.48 Å². The minimum atomic E-state index is -4.51.